The first-order chi connectivity index (χ1) is 12.2. The van der Waals surface area contributed by atoms with Crippen LogP contribution < -0.4 is 9.47 Å². The largest absolute Gasteiger partial charge is 0.497 e. The zero-order chi connectivity index (χ0) is 17.6. The lowest BCUT2D eigenvalue weighted by Crippen LogP contribution is -2.09. The molecular weight excluding hydrogens is 358 g/mol. The summed E-state index contributed by atoms with van der Waals surface area (Å²) >= 11 is 3.16. The Morgan fingerprint density at radius 3 is 2.76 bits per heavy atom. The highest BCUT2D eigenvalue weighted by molar-refractivity contribution is 7.20. The number of methoxy groups -OCH3 is 2. The molecule has 0 aliphatic rings. The number of carbonyl (C=O) groups excluding carboxylic acids is 1. The van der Waals surface area contributed by atoms with E-state index in [1.165, 1.54) is 11.3 Å². The first kappa shape index (κ1) is 17.4. The molecule has 0 fully saturated rings. The van der Waals surface area contributed by atoms with E-state index in [0.29, 0.717) is 11.5 Å². The van der Waals surface area contributed by atoms with Crippen molar-refractivity contribution in [1.29, 1.82) is 0 Å². The highest BCUT2D eigenvalue weighted by Gasteiger charge is 2.12. The van der Waals surface area contributed by atoms with E-state index in [4.69, 9.17) is 14.2 Å². The molecule has 0 saturated heterocycles. The van der Waals surface area contributed by atoms with Gasteiger partial charge in [-0.05, 0) is 29.6 Å². The number of rotatable bonds is 7. The summed E-state index contributed by atoms with van der Waals surface area (Å²) in [4.78, 5) is 17.7. The Bertz CT molecular complexity index is 843. The fourth-order valence-corrected chi connectivity index (χ4v) is 3.89. The summed E-state index contributed by atoms with van der Waals surface area (Å²) in [6, 6.07) is 9.38. The third-order valence-corrected chi connectivity index (χ3v) is 5.42. The van der Waals surface area contributed by atoms with Crippen LogP contribution in [0.3, 0.4) is 0 Å². The second kappa shape index (κ2) is 8.13. The monoisotopic (exact) mass is 375 g/mol. The molecule has 0 amide bonds. The van der Waals surface area contributed by atoms with Crippen LogP contribution in [0.4, 0.5) is 0 Å². The van der Waals surface area contributed by atoms with Gasteiger partial charge in [0.1, 0.15) is 23.1 Å². The summed E-state index contributed by atoms with van der Waals surface area (Å²) in [5, 5.41) is 4.82. The van der Waals surface area contributed by atoms with Gasteiger partial charge >= 0.3 is 5.97 Å². The number of thiazole rings is 1. The van der Waals surface area contributed by atoms with Crippen LogP contribution in [0.15, 0.2) is 41.1 Å². The number of esters is 1. The highest BCUT2D eigenvalue weighted by atomic mass is 32.1. The molecular formula is C18H17NO4S2. The molecule has 1 aromatic carbocycles. The molecule has 5 nitrogen and oxygen atoms in total. The Labute approximate surface area is 153 Å². The molecule has 3 aromatic rings. The van der Waals surface area contributed by atoms with E-state index in [2.05, 4.69) is 4.98 Å². The van der Waals surface area contributed by atoms with Gasteiger partial charge in [-0.3, -0.25) is 4.79 Å². The maximum atomic E-state index is 12.1. The van der Waals surface area contributed by atoms with Crippen LogP contribution in [-0.4, -0.2) is 25.2 Å². The molecule has 7 heteroatoms. The van der Waals surface area contributed by atoms with Crippen LogP contribution in [0.25, 0.3) is 9.88 Å². The zero-order valence-electron chi connectivity index (χ0n) is 13.9. The average molecular weight is 375 g/mol. The average Bonchev–Trinajstić information content (AvgIpc) is 3.31. The zero-order valence-corrected chi connectivity index (χ0v) is 15.5. The third-order valence-electron chi connectivity index (χ3n) is 3.49. The molecule has 2 heterocycles. The van der Waals surface area contributed by atoms with E-state index in [-0.39, 0.29) is 19.0 Å². The molecule has 0 bridgehead atoms. The Kier molecular flexibility index (Phi) is 5.67. The smallest absolute Gasteiger partial charge is 0.312 e. The van der Waals surface area contributed by atoms with Crippen LogP contribution >= 0.6 is 22.7 Å². The number of thiophene rings is 1. The molecule has 0 aliphatic carbocycles. The normalized spacial score (nSPS) is 10.5. The van der Waals surface area contributed by atoms with Crippen molar-refractivity contribution < 1.29 is 19.0 Å². The molecule has 0 unspecified atom stereocenters. The van der Waals surface area contributed by atoms with Gasteiger partial charge in [-0.1, -0.05) is 6.07 Å². The van der Waals surface area contributed by atoms with Gasteiger partial charge < -0.3 is 14.2 Å². The minimum Gasteiger partial charge on any atom is -0.497 e. The summed E-state index contributed by atoms with van der Waals surface area (Å²) in [6.07, 6.45) is 0.147. The quantitative estimate of drug-likeness (QED) is 0.580. The SMILES string of the molecule is COc1ccc(OC)c(COC(=O)Cc2csc(-c3cccs3)n2)c1. The minimum absolute atomic E-state index is 0.126. The topological polar surface area (TPSA) is 57.7 Å². The van der Waals surface area contributed by atoms with Crippen LogP contribution in [0.2, 0.25) is 0 Å². The van der Waals surface area contributed by atoms with Gasteiger partial charge in [-0.25, -0.2) is 4.98 Å². The summed E-state index contributed by atoms with van der Waals surface area (Å²) in [5.41, 5.74) is 1.48. The number of hydrogen-bond acceptors (Lipinski definition) is 7. The van der Waals surface area contributed by atoms with Gasteiger partial charge in [0.2, 0.25) is 0 Å². The standard InChI is InChI=1S/C18H17NO4S2/c1-21-14-5-6-15(22-2)12(8-14)10-23-17(20)9-13-11-25-18(19-13)16-4-3-7-24-16/h3-8,11H,9-10H2,1-2H3. The van der Waals surface area contributed by atoms with Gasteiger partial charge in [0.15, 0.2) is 0 Å². The molecule has 0 saturated carbocycles. The second-order valence-electron chi connectivity index (χ2n) is 5.14. The molecule has 130 valence electrons. The van der Waals surface area contributed by atoms with E-state index < -0.39 is 0 Å². The molecule has 0 radical (unpaired) electrons. The fourth-order valence-electron chi connectivity index (χ4n) is 2.25. The lowest BCUT2D eigenvalue weighted by Gasteiger charge is -2.10. The lowest BCUT2D eigenvalue weighted by molar-refractivity contribution is -0.144. The fraction of sp³-hybridized carbons (Fsp3) is 0.222. The van der Waals surface area contributed by atoms with E-state index >= 15 is 0 Å². The van der Waals surface area contributed by atoms with Crippen molar-refractivity contribution in [3.63, 3.8) is 0 Å². The maximum Gasteiger partial charge on any atom is 0.312 e. The van der Waals surface area contributed by atoms with Gasteiger partial charge in [-0.2, -0.15) is 0 Å². The van der Waals surface area contributed by atoms with Crippen LogP contribution in [0, 0.1) is 0 Å². The number of carbonyl (C=O) groups is 1. The molecule has 0 atom stereocenters. The van der Waals surface area contributed by atoms with Crippen molar-refractivity contribution in [2.24, 2.45) is 0 Å². The Balaban J connectivity index is 1.60. The summed E-state index contributed by atoms with van der Waals surface area (Å²) in [7, 11) is 3.17. The van der Waals surface area contributed by atoms with Gasteiger partial charge in [-0.15, -0.1) is 22.7 Å². The second-order valence-corrected chi connectivity index (χ2v) is 6.94. The minimum atomic E-state index is -0.326. The van der Waals surface area contributed by atoms with Crippen LogP contribution in [0.1, 0.15) is 11.3 Å². The van der Waals surface area contributed by atoms with Crippen LogP contribution in [0.5, 0.6) is 11.5 Å². The van der Waals surface area contributed by atoms with Crippen molar-refractivity contribution in [2.45, 2.75) is 13.0 Å². The Hall–Kier alpha value is -2.38. The number of ether oxygens (including phenoxy) is 3. The summed E-state index contributed by atoms with van der Waals surface area (Å²) in [6.45, 7) is 0.126. The van der Waals surface area contributed by atoms with Crippen molar-refractivity contribution in [2.75, 3.05) is 14.2 Å². The molecule has 0 spiro atoms. The van der Waals surface area contributed by atoms with Gasteiger partial charge in [0, 0.05) is 10.9 Å². The highest BCUT2D eigenvalue weighted by Crippen LogP contribution is 2.28. The van der Waals surface area contributed by atoms with E-state index in [9.17, 15) is 4.79 Å². The van der Waals surface area contributed by atoms with E-state index in [1.54, 1.807) is 43.8 Å². The van der Waals surface area contributed by atoms with Gasteiger partial charge in [0.25, 0.3) is 0 Å². The number of aromatic nitrogens is 1. The van der Waals surface area contributed by atoms with Crippen molar-refractivity contribution in [3.05, 3.63) is 52.3 Å². The summed E-state index contributed by atoms with van der Waals surface area (Å²) in [5.74, 6) is 1.02. The predicted octanol–water partition coefficient (Wildman–Crippen LogP) is 4.17. The molecule has 2 aromatic heterocycles. The lowest BCUT2D eigenvalue weighted by atomic mass is 10.2. The Morgan fingerprint density at radius 1 is 1.16 bits per heavy atom. The molecule has 0 aliphatic heterocycles. The van der Waals surface area contributed by atoms with E-state index in [0.717, 1.165) is 21.1 Å². The van der Waals surface area contributed by atoms with Crippen LogP contribution in [-0.2, 0) is 22.6 Å². The number of hydrogen-bond donors (Lipinski definition) is 0. The molecule has 25 heavy (non-hydrogen) atoms. The van der Waals surface area contributed by atoms with Gasteiger partial charge in [0.05, 0.1) is 31.2 Å². The molecule has 0 N–H and O–H groups in total. The maximum absolute atomic E-state index is 12.1. The summed E-state index contributed by atoms with van der Waals surface area (Å²) < 4.78 is 15.8. The third kappa shape index (κ3) is 4.37. The number of benzene rings is 1. The van der Waals surface area contributed by atoms with Crippen molar-refractivity contribution in [3.8, 4) is 21.4 Å². The Morgan fingerprint density at radius 2 is 2.04 bits per heavy atom. The number of nitrogens with zero attached hydrogens (tertiary/aromatic N) is 1. The van der Waals surface area contributed by atoms with Crippen molar-refractivity contribution >= 4 is 28.6 Å². The van der Waals surface area contributed by atoms with E-state index in [1.807, 2.05) is 22.9 Å². The first-order valence-corrected chi connectivity index (χ1v) is 9.30. The predicted molar refractivity (Wildman–Crippen MR) is 98.5 cm³/mol. The first-order valence-electron chi connectivity index (χ1n) is 7.54. The molecule has 3 rings (SSSR count). The van der Waals surface area contributed by atoms with Crippen molar-refractivity contribution in [1.82, 2.24) is 4.98 Å².